The average Bonchev–Trinajstić information content (AvgIpc) is 2.06. The molecule has 0 radical (unpaired) electrons. The summed E-state index contributed by atoms with van der Waals surface area (Å²) in [6.45, 7) is 2.21. The van der Waals surface area contributed by atoms with Crippen molar-refractivity contribution in [3.05, 3.63) is 0 Å². The summed E-state index contributed by atoms with van der Waals surface area (Å²) in [4.78, 5) is 10.8. The van der Waals surface area contributed by atoms with E-state index in [1.807, 2.05) is 0 Å². The molecule has 86 valence electrons. The predicted molar refractivity (Wildman–Crippen MR) is 58.5 cm³/mol. The number of hydrogen-bond acceptors (Lipinski definition) is 2. The number of carbonyl (C=O) groups is 1. The molecule has 15 heavy (non-hydrogen) atoms. The van der Waals surface area contributed by atoms with Crippen LogP contribution in [0.15, 0.2) is 0 Å². The maximum Gasteiger partial charge on any atom is 0.321 e. The summed E-state index contributed by atoms with van der Waals surface area (Å²) in [7, 11) is 0. The lowest BCUT2D eigenvalue weighted by molar-refractivity contribution is -0.224. The zero-order valence-corrected chi connectivity index (χ0v) is 9.46. The van der Waals surface area contributed by atoms with E-state index in [-0.39, 0.29) is 5.41 Å². The number of rotatable bonds is 6. The first-order valence-electron chi connectivity index (χ1n) is 6.02. The second kappa shape index (κ2) is 3.48. The van der Waals surface area contributed by atoms with Crippen molar-refractivity contribution in [1.29, 1.82) is 0 Å². The molecule has 3 aliphatic carbocycles. The van der Waals surface area contributed by atoms with E-state index in [4.69, 9.17) is 10.8 Å². The van der Waals surface area contributed by atoms with Gasteiger partial charge in [0.2, 0.25) is 0 Å². The van der Waals surface area contributed by atoms with Crippen molar-refractivity contribution in [2.45, 2.75) is 57.9 Å². The number of hydrogen-bond donors (Lipinski definition) is 2. The SMILES string of the molecule is CCCCCC12CC(C(N)C(=O)O)(C1)C2. The second-order valence-electron chi connectivity index (χ2n) is 5.67. The van der Waals surface area contributed by atoms with Gasteiger partial charge in [-0.25, -0.2) is 0 Å². The van der Waals surface area contributed by atoms with Crippen molar-refractivity contribution in [2.75, 3.05) is 0 Å². The van der Waals surface area contributed by atoms with Crippen molar-refractivity contribution in [1.82, 2.24) is 0 Å². The van der Waals surface area contributed by atoms with Crippen molar-refractivity contribution in [3.63, 3.8) is 0 Å². The van der Waals surface area contributed by atoms with Gasteiger partial charge in [-0.1, -0.05) is 26.2 Å². The molecular formula is C12H21NO2. The van der Waals surface area contributed by atoms with Crippen molar-refractivity contribution < 1.29 is 9.90 Å². The fourth-order valence-electron chi connectivity index (χ4n) is 3.69. The second-order valence-corrected chi connectivity index (χ2v) is 5.67. The largest absolute Gasteiger partial charge is 0.480 e. The lowest BCUT2D eigenvalue weighted by Gasteiger charge is -2.72. The lowest BCUT2D eigenvalue weighted by atomic mass is 9.32. The fourth-order valence-corrected chi connectivity index (χ4v) is 3.69. The molecule has 3 rings (SSSR count). The highest BCUT2D eigenvalue weighted by molar-refractivity contribution is 5.75. The predicted octanol–water partition coefficient (Wildman–Crippen LogP) is 2.15. The van der Waals surface area contributed by atoms with Crippen molar-refractivity contribution in [3.8, 4) is 0 Å². The fraction of sp³-hybridized carbons (Fsp3) is 0.917. The summed E-state index contributed by atoms with van der Waals surface area (Å²) < 4.78 is 0. The highest BCUT2D eigenvalue weighted by Crippen LogP contribution is 2.76. The van der Waals surface area contributed by atoms with E-state index in [1.54, 1.807) is 0 Å². The van der Waals surface area contributed by atoms with Gasteiger partial charge in [-0.05, 0) is 36.5 Å². The molecule has 0 amide bonds. The molecule has 0 spiro atoms. The number of unbranched alkanes of at least 4 members (excludes halogenated alkanes) is 2. The van der Waals surface area contributed by atoms with E-state index in [1.165, 1.54) is 25.7 Å². The van der Waals surface area contributed by atoms with E-state index in [0.717, 1.165) is 19.3 Å². The van der Waals surface area contributed by atoms with Crippen LogP contribution in [0.4, 0.5) is 0 Å². The molecule has 3 N–H and O–H groups in total. The van der Waals surface area contributed by atoms with Gasteiger partial charge in [0.05, 0.1) is 0 Å². The van der Waals surface area contributed by atoms with E-state index < -0.39 is 12.0 Å². The smallest absolute Gasteiger partial charge is 0.321 e. The Labute approximate surface area is 91.0 Å². The lowest BCUT2D eigenvalue weighted by Crippen LogP contribution is -2.70. The molecule has 3 nitrogen and oxygen atoms in total. The zero-order chi connectivity index (χ0) is 11.1. The molecule has 1 unspecified atom stereocenters. The van der Waals surface area contributed by atoms with Crippen LogP contribution in [0.2, 0.25) is 0 Å². The minimum absolute atomic E-state index is 0.0158. The van der Waals surface area contributed by atoms with Crippen LogP contribution in [0.5, 0.6) is 0 Å². The van der Waals surface area contributed by atoms with Gasteiger partial charge in [-0.2, -0.15) is 0 Å². The summed E-state index contributed by atoms with van der Waals surface area (Å²) in [5.41, 5.74) is 6.19. The van der Waals surface area contributed by atoms with Crippen LogP contribution in [-0.4, -0.2) is 17.1 Å². The topological polar surface area (TPSA) is 63.3 Å². The zero-order valence-electron chi connectivity index (χ0n) is 9.46. The van der Waals surface area contributed by atoms with Gasteiger partial charge in [-0.3, -0.25) is 4.79 Å². The highest BCUT2D eigenvalue weighted by Gasteiger charge is 2.70. The van der Waals surface area contributed by atoms with Gasteiger partial charge in [0, 0.05) is 0 Å². The van der Waals surface area contributed by atoms with Crippen molar-refractivity contribution in [2.24, 2.45) is 16.6 Å². The van der Waals surface area contributed by atoms with Crippen LogP contribution in [0.25, 0.3) is 0 Å². The van der Waals surface area contributed by atoms with E-state index >= 15 is 0 Å². The molecule has 3 fully saturated rings. The first-order chi connectivity index (χ1) is 7.04. The first kappa shape index (κ1) is 10.9. The maximum absolute atomic E-state index is 10.8. The Bertz CT molecular complexity index is 255. The van der Waals surface area contributed by atoms with E-state index in [9.17, 15) is 4.79 Å². The van der Waals surface area contributed by atoms with Crippen LogP contribution in [0.3, 0.4) is 0 Å². The summed E-state index contributed by atoms with van der Waals surface area (Å²) in [5, 5.41) is 8.88. The molecule has 0 aromatic carbocycles. The van der Waals surface area contributed by atoms with Gasteiger partial charge in [-0.15, -0.1) is 0 Å². The standard InChI is InChI=1S/C12H21NO2/c1-2-3-4-5-11-6-12(7-11,8-11)9(13)10(14)15/h9H,2-8,13H2,1H3,(H,14,15). The van der Waals surface area contributed by atoms with Crippen LogP contribution >= 0.6 is 0 Å². The van der Waals surface area contributed by atoms with Crippen LogP contribution in [0.1, 0.15) is 51.9 Å². The monoisotopic (exact) mass is 211 g/mol. The summed E-state index contributed by atoms with van der Waals surface area (Å²) in [5.74, 6) is -0.822. The van der Waals surface area contributed by atoms with Gasteiger partial charge < -0.3 is 10.8 Å². The van der Waals surface area contributed by atoms with Crippen LogP contribution in [-0.2, 0) is 4.79 Å². The quantitative estimate of drug-likeness (QED) is 0.662. The summed E-state index contributed by atoms with van der Waals surface area (Å²) >= 11 is 0. The van der Waals surface area contributed by atoms with Gasteiger partial charge in [0.25, 0.3) is 0 Å². The van der Waals surface area contributed by atoms with Crippen molar-refractivity contribution >= 4 is 5.97 Å². The van der Waals surface area contributed by atoms with E-state index in [0.29, 0.717) is 5.41 Å². The molecule has 3 saturated carbocycles. The third kappa shape index (κ3) is 1.57. The Morgan fingerprint density at radius 1 is 1.40 bits per heavy atom. The molecule has 2 bridgehead atoms. The van der Waals surface area contributed by atoms with Crippen LogP contribution in [0, 0.1) is 10.8 Å². The Morgan fingerprint density at radius 2 is 2.00 bits per heavy atom. The molecule has 3 heteroatoms. The minimum atomic E-state index is -0.822. The number of carboxylic acid groups (broad SMARTS) is 1. The number of carboxylic acids is 1. The van der Waals surface area contributed by atoms with E-state index in [2.05, 4.69) is 6.92 Å². The number of nitrogens with two attached hydrogens (primary N) is 1. The minimum Gasteiger partial charge on any atom is -0.480 e. The third-order valence-electron chi connectivity index (χ3n) is 4.42. The Balaban J connectivity index is 1.77. The Morgan fingerprint density at radius 3 is 2.47 bits per heavy atom. The molecule has 0 aromatic heterocycles. The van der Waals surface area contributed by atoms with Gasteiger partial charge >= 0.3 is 5.97 Å². The first-order valence-corrected chi connectivity index (χ1v) is 6.02. The highest BCUT2D eigenvalue weighted by atomic mass is 16.4. The average molecular weight is 211 g/mol. The Hall–Kier alpha value is -0.570. The van der Waals surface area contributed by atoms with Gasteiger partial charge in [0.1, 0.15) is 6.04 Å². The van der Waals surface area contributed by atoms with Gasteiger partial charge in [0.15, 0.2) is 0 Å². The Kier molecular flexibility index (Phi) is 2.53. The molecule has 0 heterocycles. The normalized spacial score (nSPS) is 39.1. The summed E-state index contributed by atoms with van der Waals surface area (Å²) in [6, 6.07) is -0.620. The maximum atomic E-state index is 10.8. The summed E-state index contributed by atoms with van der Waals surface area (Å²) in [6.07, 6.45) is 8.35. The molecule has 3 aliphatic rings. The van der Waals surface area contributed by atoms with Crippen LogP contribution < -0.4 is 5.73 Å². The molecule has 0 aromatic rings. The molecule has 0 saturated heterocycles. The molecule has 0 aliphatic heterocycles. The molecular weight excluding hydrogens is 190 g/mol. The molecule has 1 atom stereocenters. The number of aliphatic carboxylic acids is 1. The third-order valence-corrected chi connectivity index (χ3v) is 4.42.